The second-order valence-electron chi connectivity index (χ2n) is 5.50. The van der Waals surface area contributed by atoms with Gasteiger partial charge in [-0.1, -0.05) is 0 Å². The maximum atomic E-state index is 12.5. The highest BCUT2D eigenvalue weighted by Gasteiger charge is 2.26. The van der Waals surface area contributed by atoms with E-state index < -0.39 is 10.0 Å². The van der Waals surface area contributed by atoms with E-state index in [0.717, 1.165) is 5.56 Å². The van der Waals surface area contributed by atoms with Crippen molar-refractivity contribution in [2.24, 2.45) is 0 Å². The van der Waals surface area contributed by atoms with Crippen LogP contribution in [0.4, 0.5) is 5.69 Å². The van der Waals surface area contributed by atoms with Crippen molar-refractivity contribution >= 4 is 15.7 Å². The van der Waals surface area contributed by atoms with Crippen LogP contribution in [0.15, 0.2) is 17.0 Å². The average molecular weight is 298 g/mol. The summed E-state index contributed by atoms with van der Waals surface area (Å²) in [5.74, 6) is 0. The minimum Gasteiger partial charge on any atom is -0.398 e. The fourth-order valence-corrected chi connectivity index (χ4v) is 4.16. The molecule has 112 valence electrons. The standard InChI is InChI=1S/C14H22N2O3S/c1-9-6-13(15)11(3)14(7-9)20(17,18)16-12-4-5-19-10(2)8-12/h6-7,10,12,16H,4-5,8,15H2,1-3H3. The van der Waals surface area contributed by atoms with E-state index in [9.17, 15) is 8.42 Å². The van der Waals surface area contributed by atoms with E-state index in [2.05, 4.69) is 4.72 Å². The minimum atomic E-state index is -3.54. The summed E-state index contributed by atoms with van der Waals surface area (Å²) in [5.41, 5.74) is 7.81. The van der Waals surface area contributed by atoms with Gasteiger partial charge in [0.2, 0.25) is 10.0 Å². The van der Waals surface area contributed by atoms with Crippen molar-refractivity contribution < 1.29 is 13.2 Å². The van der Waals surface area contributed by atoms with E-state index in [4.69, 9.17) is 10.5 Å². The lowest BCUT2D eigenvalue weighted by Crippen LogP contribution is -2.41. The lowest BCUT2D eigenvalue weighted by atomic mass is 10.1. The highest BCUT2D eigenvalue weighted by Crippen LogP contribution is 2.24. The molecule has 5 nitrogen and oxygen atoms in total. The summed E-state index contributed by atoms with van der Waals surface area (Å²) in [7, 11) is -3.54. The third kappa shape index (κ3) is 3.31. The zero-order chi connectivity index (χ0) is 14.9. The van der Waals surface area contributed by atoms with Crippen molar-refractivity contribution in [3.8, 4) is 0 Å². The fourth-order valence-electron chi connectivity index (χ4n) is 2.52. The molecule has 1 aliphatic heterocycles. The Labute approximate surface area is 120 Å². The number of hydrogen-bond donors (Lipinski definition) is 2. The van der Waals surface area contributed by atoms with Gasteiger partial charge in [-0.15, -0.1) is 0 Å². The van der Waals surface area contributed by atoms with Crippen LogP contribution in [-0.2, 0) is 14.8 Å². The molecule has 0 radical (unpaired) electrons. The van der Waals surface area contributed by atoms with Gasteiger partial charge in [-0.25, -0.2) is 13.1 Å². The van der Waals surface area contributed by atoms with Crippen LogP contribution in [0.3, 0.4) is 0 Å². The Morgan fingerprint density at radius 2 is 2.05 bits per heavy atom. The molecular formula is C14H22N2O3S. The van der Waals surface area contributed by atoms with Gasteiger partial charge in [0.05, 0.1) is 11.0 Å². The van der Waals surface area contributed by atoms with Gasteiger partial charge in [-0.05, 0) is 56.9 Å². The lowest BCUT2D eigenvalue weighted by molar-refractivity contribution is 0.0173. The maximum Gasteiger partial charge on any atom is 0.241 e. The zero-order valence-corrected chi connectivity index (χ0v) is 13.0. The molecule has 1 saturated heterocycles. The quantitative estimate of drug-likeness (QED) is 0.833. The number of hydrogen-bond acceptors (Lipinski definition) is 4. The van der Waals surface area contributed by atoms with E-state index in [1.807, 2.05) is 13.8 Å². The summed E-state index contributed by atoms with van der Waals surface area (Å²) in [6.07, 6.45) is 1.48. The van der Waals surface area contributed by atoms with E-state index in [1.165, 1.54) is 0 Å². The van der Waals surface area contributed by atoms with Crippen LogP contribution in [0.2, 0.25) is 0 Å². The molecule has 0 aromatic heterocycles. The molecule has 0 amide bonds. The van der Waals surface area contributed by atoms with Crippen molar-refractivity contribution in [1.82, 2.24) is 4.72 Å². The summed E-state index contributed by atoms with van der Waals surface area (Å²) in [5, 5.41) is 0. The van der Waals surface area contributed by atoms with Gasteiger partial charge in [0.1, 0.15) is 0 Å². The van der Waals surface area contributed by atoms with Crippen LogP contribution < -0.4 is 10.5 Å². The summed E-state index contributed by atoms with van der Waals surface area (Å²) in [6.45, 7) is 6.11. The first kappa shape index (κ1) is 15.3. The Bertz CT molecular complexity index is 599. The van der Waals surface area contributed by atoms with Gasteiger partial charge in [0.25, 0.3) is 0 Å². The van der Waals surface area contributed by atoms with E-state index >= 15 is 0 Å². The zero-order valence-electron chi connectivity index (χ0n) is 12.1. The van der Waals surface area contributed by atoms with Crippen molar-refractivity contribution in [3.05, 3.63) is 23.3 Å². The second kappa shape index (κ2) is 5.71. The minimum absolute atomic E-state index is 0.0788. The third-order valence-corrected chi connectivity index (χ3v) is 5.29. The summed E-state index contributed by atoms with van der Waals surface area (Å²) < 4.78 is 33.3. The Hall–Kier alpha value is -1.11. The maximum absolute atomic E-state index is 12.5. The number of rotatable bonds is 3. The highest BCUT2D eigenvalue weighted by atomic mass is 32.2. The smallest absolute Gasteiger partial charge is 0.241 e. The third-order valence-electron chi connectivity index (χ3n) is 3.64. The van der Waals surface area contributed by atoms with Crippen molar-refractivity contribution in [3.63, 3.8) is 0 Å². The normalized spacial score (nSPS) is 23.8. The molecule has 1 aromatic rings. The first-order chi connectivity index (χ1) is 9.29. The molecule has 0 spiro atoms. The molecule has 1 fully saturated rings. The van der Waals surface area contributed by atoms with Gasteiger partial charge < -0.3 is 10.5 Å². The molecular weight excluding hydrogens is 276 g/mol. The van der Waals surface area contributed by atoms with Gasteiger partial charge in [-0.3, -0.25) is 0 Å². The molecule has 0 bridgehead atoms. The van der Waals surface area contributed by atoms with Crippen LogP contribution in [0.5, 0.6) is 0 Å². The van der Waals surface area contributed by atoms with Gasteiger partial charge >= 0.3 is 0 Å². The molecule has 2 atom stereocenters. The van der Waals surface area contributed by atoms with Crippen molar-refractivity contribution in [2.75, 3.05) is 12.3 Å². The van der Waals surface area contributed by atoms with E-state index in [1.54, 1.807) is 19.1 Å². The molecule has 6 heteroatoms. The first-order valence-corrected chi connectivity index (χ1v) is 8.28. The number of benzene rings is 1. The largest absolute Gasteiger partial charge is 0.398 e. The second-order valence-corrected chi connectivity index (χ2v) is 7.18. The summed E-state index contributed by atoms with van der Waals surface area (Å²) >= 11 is 0. The van der Waals surface area contributed by atoms with Crippen LogP contribution in [0.25, 0.3) is 0 Å². The topological polar surface area (TPSA) is 81.4 Å². The average Bonchev–Trinajstić information content (AvgIpc) is 2.33. The highest BCUT2D eigenvalue weighted by molar-refractivity contribution is 7.89. The Morgan fingerprint density at radius 1 is 1.35 bits per heavy atom. The van der Waals surface area contributed by atoms with Crippen LogP contribution in [0, 0.1) is 13.8 Å². The molecule has 3 N–H and O–H groups in total. The first-order valence-electron chi connectivity index (χ1n) is 6.80. The van der Waals surface area contributed by atoms with Crippen molar-refractivity contribution in [1.29, 1.82) is 0 Å². The predicted molar refractivity (Wildman–Crippen MR) is 79.1 cm³/mol. The Morgan fingerprint density at radius 3 is 2.70 bits per heavy atom. The number of nitrogen functional groups attached to an aromatic ring is 1. The number of nitrogens with one attached hydrogen (secondary N) is 1. The number of ether oxygens (including phenoxy) is 1. The number of sulfonamides is 1. The molecule has 2 rings (SSSR count). The number of nitrogens with two attached hydrogens (primary N) is 1. The molecule has 2 unspecified atom stereocenters. The number of aryl methyl sites for hydroxylation is 1. The molecule has 1 aliphatic rings. The van der Waals surface area contributed by atoms with Crippen LogP contribution in [-0.4, -0.2) is 27.2 Å². The van der Waals surface area contributed by atoms with Gasteiger partial charge in [-0.2, -0.15) is 0 Å². The Balaban J connectivity index is 2.26. The van der Waals surface area contributed by atoms with Gasteiger partial charge in [0, 0.05) is 18.3 Å². The predicted octanol–water partition coefficient (Wildman–Crippen LogP) is 1.73. The van der Waals surface area contributed by atoms with E-state index in [0.29, 0.717) is 30.7 Å². The molecule has 20 heavy (non-hydrogen) atoms. The SMILES string of the molecule is Cc1cc(N)c(C)c(S(=O)(=O)NC2CCOC(C)C2)c1. The van der Waals surface area contributed by atoms with Gasteiger partial charge in [0.15, 0.2) is 0 Å². The van der Waals surface area contributed by atoms with Crippen molar-refractivity contribution in [2.45, 2.75) is 50.7 Å². The van der Waals surface area contributed by atoms with Crippen LogP contribution >= 0.6 is 0 Å². The molecule has 0 aliphatic carbocycles. The Kier molecular flexibility index (Phi) is 4.36. The van der Waals surface area contributed by atoms with Crippen LogP contribution in [0.1, 0.15) is 30.9 Å². The molecule has 0 saturated carbocycles. The monoisotopic (exact) mass is 298 g/mol. The molecule has 1 aromatic carbocycles. The fraction of sp³-hybridized carbons (Fsp3) is 0.571. The summed E-state index contributed by atoms with van der Waals surface area (Å²) in [4.78, 5) is 0.272. The van der Waals surface area contributed by atoms with E-state index in [-0.39, 0.29) is 17.0 Å². The number of anilines is 1. The lowest BCUT2D eigenvalue weighted by Gasteiger charge is -2.28. The molecule has 1 heterocycles. The summed E-state index contributed by atoms with van der Waals surface area (Å²) in [6, 6.07) is 3.37.